The van der Waals surface area contributed by atoms with E-state index in [0.717, 1.165) is 24.6 Å². The lowest BCUT2D eigenvalue weighted by molar-refractivity contribution is -0.117. The molecule has 0 unspecified atom stereocenters. The summed E-state index contributed by atoms with van der Waals surface area (Å²) in [5, 5.41) is 2.80. The van der Waals surface area contributed by atoms with Crippen molar-refractivity contribution < 1.29 is 9.53 Å². The minimum Gasteiger partial charge on any atom is -0.399 e. The molecule has 0 spiro atoms. The van der Waals surface area contributed by atoms with E-state index >= 15 is 0 Å². The lowest BCUT2D eigenvalue weighted by Gasteiger charge is -2.06. The van der Waals surface area contributed by atoms with Crippen LogP contribution in [0.3, 0.4) is 0 Å². The number of hydrogen-bond donors (Lipinski definition) is 2. The molecule has 2 rings (SSSR count). The molecule has 3 N–H and O–H groups in total. The van der Waals surface area contributed by atoms with E-state index in [-0.39, 0.29) is 5.91 Å². The van der Waals surface area contributed by atoms with Crippen molar-refractivity contribution in [2.45, 2.75) is 25.7 Å². The van der Waals surface area contributed by atoms with Gasteiger partial charge in [0.25, 0.3) is 0 Å². The molecule has 1 aromatic rings. The Morgan fingerprint density at radius 2 is 2.22 bits per heavy atom. The first-order chi connectivity index (χ1) is 8.74. The predicted molar refractivity (Wildman–Crippen MR) is 72.3 cm³/mol. The number of nitrogens with two attached hydrogens (primary N) is 1. The van der Waals surface area contributed by atoms with Crippen LogP contribution in [0.5, 0.6) is 0 Å². The number of amides is 1. The highest BCUT2D eigenvalue weighted by Gasteiger charge is 2.20. The first kappa shape index (κ1) is 12.9. The molecule has 4 nitrogen and oxygen atoms in total. The summed E-state index contributed by atoms with van der Waals surface area (Å²) in [5.41, 5.74) is 7.01. The van der Waals surface area contributed by atoms with Gasteiger partial charge in [-0.3, -0.25) is 4.79 Å². The molecule has 0 aliphatic heterocycles. The molecule has 1 fully saturated rings. The summed E-state index contributed by atoms with van der Waals surface area (Å²) in [4.78, 5) is 11.6. The summed E-state index contributed by atoms with van der Waals surface area (Å²) < 4.78 is 5.43. The van der Waals surface area contributed by atoms with Crippen LogP contribution in [0.15, 0.2) is 24.3 Å². The number of ether oxygens (including phenoxy) is 1. The van der Waals surface area contributed by atoms with E-state index in [2.05, 4.69) is 5.32 Å². The van der Waals surface area contributed by atoms with Crippen LogP contribution < -0.4 is 11.1 Å². The summed E-state index contributed by atoms with van der Waals surface area (Å²) in [5.74, 6) is 0.846. The third kappa shape index (κ3) is 4.75. The summed E-state index contributed by atoms with van der Waals surface area (Å²) in [6.07, 6.45) is 4.22. The minimum absolute atomic E-state index is 0.0352. The molecular formula is C14H20N2O2. The van der Waals surface area contributed by atoms with Crippen LogP contribution in [0.1, 0.15) is 25.7 Å². The molecule has 1 saturated carbocycles. The van der Waals surface area contributed by atoms with Gasteiger partial charge in [-0.15, -0.1) is 0 Å². The van der Waals surface area contributed by atoms with Crippen molar-refractivity contribution in [1.82, 2.24) is 0 Å². The maximum atomic E-state index is 11.6. The molecule has 0 saturated heterocycles. The molecule has 1 amide bonds. The van der Waals surface area contributed by atoms with Gasteiger partial charge in [-0.1, -0.05) is 18.9 Å². The van der Waals surface area contributed by atoms with Crippen LogP contribution in [-0.4, -0.2) is 19.1 Å². The molecule has 1 aliphatic carbocycles. The van der Waals surface area contributed by atoms with Crippen molar-refractivity contribution in [2.75, 3.05) is 24.3 Å². The Morgan fingerprint density at radius 1 is 1.39 bits per heavy atom. The van der Waals surface area contributed by atoms with E-state index in [1.54, 1.807) is 12.1 Å². The van der Waals surface area contributed by atoms with Gasteiger partial charge in [0.2, 0.25) is 5.91 Å². The maximum absolute atomic E-state index is 11.6. The maximum Gasteiger partial charge on any atom is 0.226 e. The van der Waals surface area contributed by atoms with E-state index in [4.69, 9.17) is 10.5 Å². The van der Waals surface area contributed by atoms with Gasteiger partial charge in [0.05, 0.1) is 13.0 Å². The smallest absolute Gasteiger partial charge is 0.226 e. The molecule has 0 atom stereocenters. The number of anilines is 2. The largest absolute Gasteiger partial charge is 0.399 e. The molecule has 98 valence electrons. The fraction of sp³-hybridized carbons (Fsp3) is 0.500. The van der Waals surface area contributed by atoms with Crippen LogP contribution in [0.2, 0.25) is 0 Å². The average molecular weight is 248 g/mol. The number of carbonyl (C=O) groups excluding carboxylic acids is 1. The Hall–Kier alpha value is -1.55. The summed E-state index contributed by atoms with van der Waals surface area (Å²) >= 11 is 0. The number of carbonyl (C=O) groups is 1. The number of nitrogen functional groups attached to an aromatic ring is 1. The van der Waals surface area contributed by atoms with Crippen LogP contribution in [0.25, 0.3) is 0 Å². The van der Waals surface area contributed by atoms with E-state index in [1.165, 1.54) is 12.8 Å². The third-order valence-corrected chi connectivity index (χ3v) is 3.01. The van der Waals surface area contributed by atoms with E-state index in [0.29, 0.717) is 18.7 Å². The average Bonchev–Trinajstić information content (AvgIpc) is 3.12. The summed E-state index contributed by atoms with van der Waals surface area (Å²) in [7, 11) is 0. The quantitative estimate of drug-likeness (QED) is 0.575. The lowest BCUT2D eigenvalue weighted by Crippen LogP contribution is -2.14. The number of rotatable bonds is 7. The fourth-order valence-corrected chi connectivity index (χ4v) is 1.76. The normalized spacial score (nSPS) is 14.4. The van der Waals surface area contributed by atoms with Gasteiger partial charge in [0, 0.05) is 18.0 Å². The van der Waals surface area contributed by atoms with Gasteiger partial charge in [0.15, 0.2) is 0 Å². The number of benzene rings is 1. The van der Waals surface area contributed by atoms with Gasteiger partial charge in [-0.05, 0) is 30.5 Å². The van der Waals surface area contributed by atoms with Crippen molar-refractivity contribution in [3.63, 3.8) is 0 Å². The molecule has 1 aliphatic rings. The monoisotopic (exact) mass is 248 g/mol. The molecule has 18 heavy (non-hydrogen) atoms. The SMILES string of the molecule is Nc1cccc(NC(=O)CCOCCC2CC2)c1. The highest BCUT2D eigenvalue weighted by molar-refractivity contribution is 5.91. The standard InChI is InChI=1S/C14H20N2O2/c15-12-2-1-3-13(10-12)16-14(17)7-9-18-8-6-11-4-5-11/h1-3,10-11H,4-9,15H2,(H,16,17). The van der Waals surface area contributed by atoms with Crippen LogP contribution in [0, 0.1) is 5.92 Å². The Kier molecular flexibility index (Phi) is 4.59. The number of hydrogen-bond acceptors (Lipinski definition) is 3. The van der Waals surface area contributed by atoms with Crippen molar-refractivity contribution in [3.8, 4) is 0 Å². The first-order valence-corrected chi connectivity index (χ1v) is 6.47. The van der Waals surface area contributed by atoms with Gasteiger partial charge in [-0.25, -0.2) is 0 Å². The Balaban J connectivity index is 1.59. The van der Waals surface area contributed by atoms with Crippen molar-refractivity contribution >= 4 is 17.3 Å². The molecular weight excluding hydrogens is 228 g/mol. The molecule has 4 heteroatoms. The Labute approximate surface area is 108 Å². The zero-order chi connectivity index (χ0) is 12.8. The molecule has 0 heterocycles. The van der Waals surface area contributed by atoms with E-state index in [1.807, 2.05) is 12.1 Å². The molecule has 0 aromatic heterocycles. The Morgan fingerprint density at radius 3 is 2.94 bits per heavy atom. The number of nitrogens with one attached hydrogen (secondary N) is 1. The first-order valence-electron chi connectivity index (χ1n) is 6.47. The zero-order valence-corrected chi connectivity index (χ0v) is 10.5. The van der Waals surface area contributed by atoms with Crippen LogP contribution >= 0.6 is 0 Å². The van der Waals surface area contributed by atoms with Crippen LogP contribution in [-0.2, 0) is 9.53 Å². The topological polar surface area (TPSA) is 64.3 Å². The second kappa shape index (κ2) is 6.40. The highest BCUT2D eigenvalue weighted by atomic mass is 16.5. The summed E-state index contributed by atoms with van der Waals surface area (Å²) in [6, 6.07) is 7.17. The van der Waals surface area contributed by atoms with Gasteiger partial charge in [-0.2, -0.15) is 0 Å². The molecule has 0 radical (unpaired) electrons. The predicted octanol–water partition coefficient (Wildman–Crippen LogP) is 2.41. The third-order valence-electron chi connectivity index (χ3n) is 3.01. The van der Waals surface area contributed by atoms with Gasteiger partial charge in [0.1, 0.15) is 0 Å². The van der Waals surface area contributed by atoms with Crippen molar-refractivity contribution in [2.24, 2.45) is 5.92 Å². The molecule has 0 bridgehead atoms. The highest BCUT2D eigenvalue weighted by Crippen LogP contribution is 2.32. The fourth-order valence-electron chi connectivity index (χ4n) is 1.76. The van der Waals surface area contributed by atoms with Gasteiger partial charge < -0.3 is 15.8 Å². The Bertz CT molecular complexity index is 403. The second-order valence-corrected chi connectivity index (χ2v) is 4.77. The van der Waals surface area contributed by atoms with Crippen molar-refractivity contribution in [3.05, 3.63) is 24.3 Å². The van der Waals surface area contributed by atoms with Crippen LogP contribution in [0.4, 0.5) is 11.4 Å². The minimum atomic E-state index is -0.0352. The summed E-state index contributed by atoms with van der Waals surface area (Å²) in [6.45, 7) is 1.26. The zero-order valence-electron chi connectivity index (χ0n) is 10.5. The second-order valence-electron chi connectivity index (χ2n) is 4.77. The van der Waals surface area contributed by atoms with E-state index < -0.39 is 0 Å². The van der Waals surface area contributed by atoms with Gasteiger partial charge >= 0.3 is 0 Å². The lowest BCUT2D eigenvalue weighted by atomic mass is 10.3. The van der Waals surface area contributed by atoms with Crippen molar-refractivity contribution in [1.29, 1.82) is 0 Å². The molecule has 1 aromatic carbocycles. The van der Waals surface area contributed by atoms with E-state index in [9.17, 15) is 4.79 Å².